The number of carbonyl (C=O) groups is 1. The molecule has 16 heavy (non-hydrogen) atoms. The standard InChI is InChI=1S/C13H18O2S/c1-2-3-4-5-9-16-12-8-6-7-11(10-12)13(14)15/h6-8,10H,2-5,9H2,1H3,(H,14,15). The molecular formula is C13H18O2S. The number of rotatable bonds is 7. The van der Waals surface area contributed by atoms with E-state index in [9.17, 15) is 4.79 Å². The highest BCUT2D eigenvalue weighted by molar-refractivity contribution is 7.99. The fraction of sp³-hybridized carbons (Fsp3) is 0.462. The minimum absolute atomic E-state index is 0.374. The Balaban J connectivity index is 2.36. The summed E-state index contributed by atoms with van der Waals surface area (Å²) in [6, 6.07) is 7.14. The Morgan fingerprint density at radius 2 is 2.12 bits per heavy atom. The predicted molar refractivity (Wildman–Crippen MR) is 68.3 cm³/mol. The van der Waals surface area contributed by atoms with Gasteiger partial charge in [0.05, 0.1) is 5.56 Å². The van der Waals surface area contributed by atoms with Gasteiger partial charge in [0.2, 0.25) is 0 Å². The van der Waals surface area contributed by atoms with Gasteiger partial charge in [-0.15, -0.1) is 11.8 Å². The first kappa shape index (κ1) is 13.1. The van der Waals surface area contributed by atoms with E-state index in [1.54, 1.807) is 30.0 Å². The predicted octanol–water partition coefficient (Wildman–Crippen LogP) is 4.06. The van der Waals surface area contributed by atoms with E-state index in [1.165, 1.54) is 25.7 Å². The van der Waals surface area contributed by atoms with Gasteiger partial charge in [0.15, 0.2) is 0 Å². The lowest BCUT2D eigenvalue weighted by molar-refractivity contribution is 0.0696. The van der Waals surface area contributed by atoms with Crippen LogP contribution in [0.2, 0.25) is 0 Å². The van der Waals surface area contributed by atoms with Crippen molar-refractivity contribution in [2.75, 3.05) is 5.75 Å². The minimum Gasteiger partial charge on any atom is -0.478 e. The Bertz CT molecular complexity index is 336. The van der Waals surface area contributed by atoms with Crippen LogP contribution in [0.1, 0.15) is 43.0 Å². The van der Waals surface area contributed by atoms with Crippen molar-refractivity contribution in [3.8, 4) is 0 Å². The topological polar surface area (TPSA) is 37.3 Å². The summed E-state index contributed by atoms with van der Waals surface area (Å²) in [4.78, 5) is 11.8. The third kappa shape index (κ3) is 4.71. The molecule has 0 saturated heterocycles. The molecule has 0 atom stereocenters. The van der Waals surface area contributed by atoms with E-state index in [1.807, 2.05) is 6.07 Å². The lowest BCUT2D eigenvalue weighted by Crippen LogP contribution is -1.95. The largest absolute Gasteiger partial charge is 0.478 e. The third-order valence-corrected chi connectivity index (χ3v) is 3.43. The van der Waals surface area contributed by atoms with Gasteiger partial charge in [-0.1, -0.05) is 32.3 Å². The number of benzene rings is 1. The summed E-state index contributed by atoms with van der Waals surface area (Å²) in [6.45, 7) is 2.20. The van der Waals surface area contributed by atoms with Crippen LogP contribution in [0.4, 0.5) is 0 Å². The molecule has 2 nitrogen and oxygen atoms in total. The van der Waals surface area contributed by atoms with E-state index in [4.69, 9.17) is 5.11 Å². The summed E-state index contributed by atoms with van der Waals surface area (Å²) in [6.07, 6.45) is 5.01. The Hall–Kier alpha value is -0.960. The molecule has 0 saturated carbocycles. The van der Waals surface area contributed by atoms with Crippen LogP contribution in [0.3, 0.4) is 0 Å². The molecule has 1 aromatic carbocycles. The van der Waals surface area contributed by atoms with E-state index in [2.05, 4.69) is 6.92 Å². The van der Waals surface area contributed by atoms with Crippen LogP contribution in [-0.2, 0) is 0 Å². The SMILES string of the molecule is CCCCCCSc1cccc(C(=O)O)c1. The number of hydrogen-bond donors (Lipinski definition) is 1. The van der Waals surface area contributed by atoms with Gasteiger partial charge in [-0.25, -0.2) is 4.79 Å². The number of carboxylic acid groups (broad SMARTS) is 1. The van der Waals surface area contributed by atoms with Crippen LogP contribution in [0.15, 0.2) is 29.2 Å². The molecule has 0 aliphatic carbocycles. The molecule has 0 heterocycles. The fourth-order valence-electron chi connectivity index (χ4n) is 1.44. The van der Waals surface area contributed by atoms with Crippen molar-refractivity contribution in [2.24, 2.45) is 0 Å². The summed E-state index contributed by atoms with van der Waals surface area (Å²) in [5.74, 6) is 0.219. The van der Waals surface area contributed by atoms with Gasteiger partial charge in [-0.05, 0) is 30.4 Å². The Morgan fingerprint density at radius 1 is 1.31 bits per heavy atom. The van der Waals surface area contributed by atoms with Gasteiger partial charge in [-0.3, -0.25) is 0 Å². The molecule has 1 N–H and O–H groups in total. The quantitative estimate of drug-likeness (QED) is 0.575. The second-order valence-corrected chi connectivity index (χ2v) is 4.91. The molecule has 1 rings (SSSR count). The normalized spacial score (nSPS) is 10.3. The van der Waals surface area contributed by atoms with E-state index in [0.29, 0.717) is 5.56 Å². The molecule has 0 amide bonds. The number of carboxylic acids is 1. The van der Waals surface area contributed by atoms with Crippen LogP contribution in [0, 0.1) is 0 Å². The molecule has 1 aromatic rings. The molecule has 0 aliphatic heterocycles. The van der Waals surface area contributed by atoms with Crippen molar-refractivity contribution in [3.05, 3.63) is 29.8 Å². The van der Waals surface area contributed by atoms with Crippen molar-refractivity contribution in [1.29, 1.82) is 0 Å². The van der Waals surface area contributed by atoms with Crippen molar-refractivity contribution >= 4 is 17.7 Å². The van der Waals surface area contributed by atoms with E-state index in [-0.39, 0.29) is 0 Å². The molecule has 0 aliphatic rings. The molecule has 0 bridgehead atoms. The molecule has 0 fully saturated rings. The highest BCUT2D eigenvalue weighted by Gasteiger charge is 2.02. The second-order valence-electron chi connectivity index (χ2n) is 3.74. The first-order chi connectivity index (χ1) is 7.74. The number of unbranched alkanes of at least 4 members (excludes halogenated alkanes) is 3. The lowest BCUT2D eigenvalue weighted by atomic mass is 10.2. The summed E-state index contributed by atoms with van der Waals surface area (Å²) in [5.41, 5.74) is 0.374. The lowest BCUT2D eigenvalue weighted by Gasteiger charge is -2.02. The molecule has 0 spiro atoms. The van der Waals surface area contributed by atoms with Crippen LogP contribution in [-0.4, -0.2) is 16.8 Å². The van der Waals surface area contributed by atoms with Crippen LogP contribution < -0.4 is 0 Å². The van der Waals surface area contributed by atoms with Crippen LogP contribution in [0.5, 0.6) is 0 Å². The first-order valence-electron chi connectivity index (χ1n) is 5.70. The molecule has 3 heteroatoms. The highest BCUT2D eigenvalue weighted by Crippen LogP contribution is 2.20. The Labute approximate surface area is 101 Å². The summed E-state index contributed by atoms with van der Waals surface area (Å²) < 4.78 is 0. The molecular weight excluding hydrogens is 220 g/mol. The third-order valence-electron chi connectivity index (χ3n) is 2.35. The van der Waals surface area contributed by atoms with Gasteiger partial charge in [0.25, 0.3) is 0 Å². The molecule has 0 radical (unpaired) electrons. The number of hydrogen-bond acceptors (Lipinski definition) is 2. The van der Waals surface area contributed by atoms with E-state index < -0.39 is 5.97 Å². The molecule has 88 valence electrons. The van der Waals surface area contributed by atoms with Gasteiger partial charge < -0.3 is 5.11 Å². The zero-order chi connectivity index (χ0) is 11.8. The van der Waals surface area contributed by atoms with E-state index >= 15 is 0 Å². The van der Waals surface area contributed by atoms with Crippen LogP contribution in [0.25, 0.3) is 0 Å². The Morgan fingerprint density at radius 3 is 2.81 bits per heavy atom. The van der Waals surface area contributed by atoms with Crippen LogP contribution >= 0.6 is 11.8 Å². The van der Waals surface area contributed by atoms with Crippen molar-refractivity contribution in [1.82, 2.24) is 0 Å². The smallest absolute Gasteiger partial charge is 0.335 e. The zero-order valence-corrected chi connectivity index (χ0v) is 10.4. The summed E-state index contributed by atoms with van der Waals surface area (Å²) >= 11 is 1.74. The van der Waals surface area contributed by atoms with Gasteiger partial charge in [0, 0.05) is 4.90 Å². The first-order valence-corrected chi connectivity index (χ1v) is 6.68. The highest BCUT2D eigenvalue weighted by atomic mass is 32.2. The summed E-state index contributed by atoms with van der Waals surface area (Å²) in [5, 5.41) is 8.84. The summed E-state index contributed by atoms with van der Waals surface area (Å²) in [7, 11) is 0. The molecule has 0 aromatic heterocycles. The average molecular weight is 238 g/mol. The zero-order valence-electron chi connectivity index (χ0n) is 9.61. The minimum atomic E-state index is -0.853. The number of aromatic carboxylic acids is 1. The maximum absolute atomic E-state index is 10.8. The van der Waals surface area contributed by atoms with Crippen molar-refractivity contribution in [2.45, 2.75) is 37.5 Å². The second kappa shape index (κ2) is 7.34. The van der Waals surface area contributed by atoms with Gasteiger partial charge in [0.1, 0.15) is 0 Å². The van der Waals surface area contributed by atoms with Crippen molar-refractivity contribution < 1.29 is 9.90 Å². The van der Waals surface area contributed by atoms with Crippen molar-refractivity contribution in [3.63, 3.8) is 0 Å². The number of thioether (sulfide) groups is 1. The monoisotopic (exact) mass is 238 g/mol. The van der Waals surface area contributed by atoms with E-state index in [0.717, 1.165) is 10.6 Å². The van der Waals surface area contributed by atoms with Gasteiger partial charge >= 0.3 is 5.97 Å². The Kier molecular flexibility index (Phi) is 6.01. The maximum atomic E-state index is 10.8. The maximum Gasteiger partial charge on any atom is 0.335 e. The average Bonchev–Trinajstić information content (AvgIpc) is 2.29. The molecule has 0 unspecified atom stereocenters. The fourth-order valence-corrected chi connectivity index (χ4v) is 2.41. The van der Waals surface area contributed by atoms with Gasteiger partial charge in [-0.2, -0.15) is 0 Å².